The van der Waals surface area contributed by atoms with Crippen molar-refractivity contribution in [3.8, 4) is 0 Å². The van der Waals surface area contributed by atoms with E-state index in [2.05, 4.69) is 5.32 Å². The molecular formula is C29H38N2O5. The minimum atomic E-state index is -0.892. The number of ketones is 1. The van der Waals surface area contributed by atoms with Gasteiger partial charge in [-0.05, 0) is 62.6 Å². The number of carbonyl (C=O) groups excluding carboxylic acids is 3. The number of allylic oxidation sites excluding steroid dienone is 3. The fourth-order valence-corrected chi connectivity index (χ4v) is 5.82. The van der Waals surface area contributed by atoms with Crippen molar-refractivity contribution in [1.82, 2.24) is 5.32 Å². The van der Waals surface area contributed by atoms with Gasteiger partial charge in [-0.3, -0.25) is 9.59 Å². The van der Waals surface area contributed by atoms with Crippen LogP contribution in [0.5, 0.6) is 0 Å². The molecule has 1 heterocycles. The van der Waals surface area contributed by atoms with Gasteiger partial charge in [-0.2, -0.15) is 0 Å². The molecule has 2 aliphatic carbocycles. The molecule has 194 valence electrons. The lowest BCUT2D eigenvalue weighted by atomic mass is 9.69. The number of esters is 2. The van der Waals surface area contributed by atoms with Gasteiger partial charge in [-0.15, -0.1) is 0 Å². The van der Waals surface area contributed by atoms with Gasteiger partial charge in [-0.25, -0.2) is 4.79 Å². The zero-order valence-electron chi connectivity index (χ0n) is 22.1. The van der Waals surface area contributed by atoms with E-state index in [-0.39, 0.29) is 23.8 Å². The van der Waals surface area contributed by atoms with E-state index in [0.717, 1.165) is 55.5 Å². The number of dihydropyridines is 1. The summed E-state index contributed by atoms with van der Waals surface area (Å²) in [4.78, 5) is 42.2. The summed E-state index contributed by atoms with van der Waals surface area (Å²) < 4.78 is 11.0. The number of benzene rings is 1. The van der Waals surface area contributed by atoms with Crippen molar-refractivity contribution in [2.24, 2.45) is 11.8 Å². The largest absolute Gasteiger partial charge is 0.468 e. The number of anilines is 1. The first-order valence-corrected chi connectivity index (χ1v) is 13.0. The number of nitrogens with zero attached hydrogens (tertiary/aromatic N) is 1. The molecule has 1 saturated carbocycles. The summed E-state index contributed by atoms with van der Waals surface area (Å²) in [6, 6.07) is 7.88. The van der Waals surface area contributed by atoms with Gasteiger partial charge < -0.3 is 19.7 Å². The summed E-state index contributed by atoms with van der Waals surface area (Å²) in [5, 5.41) is 3.34. The van der Waals surface area contributed by atoms with Gasteiger partial charge in [0.1, 0.15) is 12.0 Å². The van der Waals surface area contributed by atoms with E-state index in [9.17, 15) is 14.4 Å². The molecule has 0 bridgehead atoms. The fourth-order valence-electron chi connectivity index (χ4n) is 5.82. The average molecular weight is 495 g/mol. The maximum atomic E-state index is 13.9. The monoisotopic (exact) mass is 494 g/mol. The van der Waals surface area contributed by atoms with Crippen molar-refractivity contribution >= 4 is 23.4 Å². The van der Waals surface area contributed by atoms with Crippen LogP contribution in [0.15, 0.2) is 46.8 Å². The predicted octanol–water partition coefficient (Wildman–Crippen LogP) is 4.63. The lowest BCUT2D eigenvalue weighted by Crippen LogP contribution is -2.43. The highest BCUT2D eigenvalue weighted by Gasteiger charge is 2.47. The third-order valence-electron chi connectivity index (χ3n) is 7.78. The Morgan fingerprint density at radius 3 is 2.25 bits per heavy atom. The van der Waals surface area contributed by atoms with E-state index < -0.39 is 17.8 Å². The summed E-state index contributed by atoms with van der Waals surface area (Å²) in [6.45, 7) is 3.76. The molecule has 0 saturated heterocycles. The van der Waals surface area contributed by atoms with Crippen molar-refractivity contribution < 1.29 is 23.9 Å². The van der Waals surface area contributed by atoms with Gasteiger partial charge in [0.25, 0.3) is 0 Å². The molecule has 1 fully saturated rings. The molecule has 1 aromatic rings. The first-order valence-electron chi connectivity index (χ1n) is 13.0. The summed E-state index contributed by atoms with van der Waals surface area (Å²) in [6.07, 6.45) is 6.57. The van der Waals surface area contributed by atoms with Crippen LogP contribution >= 0.6 is 0 Å². The second-order valence-electron chi connectivity index (χ2n) is 10.5. The number of nitrogens with one attached hydrogen (secondary N) is 1. The number of rotatable bonds is 5. The van der Waals surface area contributed by atoms with Gasteiger partial charge in [0.15, 0.2) is 5.78 Å². The highest BCUT2D eigenvalue weighted by Crippen LogP contribution is 2.46. The molecule has 1 aromatic carbocycles. The number of methoxy groups -OCH3 is 1. The van der Waals surface area contributed by atoms with Gasteiger partial charge in [0.05, 0.1) is 12.7 Å². The van der Waals surface area contributed by atoms with Crippen molar-refractivity contribution in [3.05, 3.63) is 52.4 Å². The Hall–Kier alpha value is -3.09. The van der Waals surface area contributed by atoms with Crippen LogP contribution in [-0.2, 0) is 23.9 Å². The Morgan fingerprint density at radius 2 is 1.67 bits per heavy atom. The third-order valence-corrected chi connectivity index (χ3v) is 7.78. The Kier molecular flexibility index (Phi) is 7.86. The first-order chi connectivity index (χ1) is 17.2. The average Bonchev–Trinajstić information content (AvgIpc) is 3.11. The topological polar surface area (TPSA) is 84.9 Å². The normalized spacial score (nSPS) is 25.0. The Morgan fingerprint density at radius 1 is 1.03 bits per heavy atom. The van der Waals surface area contributed by atoms with Crippen molar-refractivity contribution in [2.45, 2.75) is 70.8 Å². The van der Waals surface area contributed by atoms with Gasteiger partial charge in [-0.1, -0.05) is 31.9 Å². The van der Waals surface area contributed by atoms with E-state index in [0.29, 0.717) is 23.3 Å². The van der Waals surface area contributed by atoms with E-state index in [1.807, 2.05) is 57.1 Å². The number of ether oxygens (including phenoxy) is 2. The van der Waals surface area contributed by atoms with E-state index in [1.165, 1.54) is 7.11 Å². The maximum absolute atomic E-state index is 13.9. The van der Waals surface area contributed by atoms with Crippen LogP contribution < -0.4 is 10.2 Å². The molecule has 3 atom stereocenters. The van der Waals surface area contributed by atoms with Crippen molar-refractivity contribution in [1.29, 1.82) is 0 Å². The maximum Gasteiger partial charge on any atom is 0.337 e. The SMILES string of the molecule is COC(=O)[C@@H]1C(=O)C2=C(C[C@@H]1C)NC(C)=C(C(=O)OC1CCCCCC1)[C@H]2c1ccc(N(C)C)cc1. The Bertz CT molecular complexity index is 1080. The second kappa shape index (κ2) is 10.9. The predicted molar refractivity (Wildman–Crippen MR) is 138 cm³/mol. The van der Waals surface area contributed by atoms with Crippen LogP contribution in [0.25, 0.3) is 0 Å². The summed E-state index contributed by atoms with van der Waals surface area (Å²) >= 11 is 0. The lowest BCUT2D eigenvalue weighted by Gasteiger charge is -2.38. The molecular weight excluding hydrogens is 456 g/mol. The van der Waals surface area contributed by atoms with Crippen LogP contribution in [0, 0.1) is 11.8 Å². The molecule has 4 rings (SSSR count). The van der Waals surface area contributed by atoms with Crippen LogP contribution in [0.4, 0.5) is 5.69 Å². The van der Waals surface area contributed by atoms with Crippen LogP contribution in [-0.4, -0.2) is 45.0 Å². The Balaban J connectivity index is 1.77. The molecule has 0 aromatic heterocycles. The Labute approximate surface area is 213 Å². The molecule has 0 amide bonds. The quantitative estimate of drug-likeness (QED) is 0.363. The highest BCUT2D eigenvalue weighted by molar-refractivity contribution is 6.12. The molecule has 0 unspecified atom stereocenters. The zero-order chi connectivity index (χ0) is 26.0. The molecule has 0 spiro atoms. The minimum Gasteiger partial charge on any atom is -0.468 e. The van der Waals surface area contributed by atoms with E-state index >= 15 is 0 Å². The highest BCUT2D eigenvalue weighted by atomic mass is 16.5. The third kappa shape index (κ3) is 5.06. The smallest absolute Gasteiger partial charge is 0.337 e. The zero-order valence-corrected chi connectivity index (χ0v) is 22.1. The van der Waals surface area contributed by atoms with Crippen LogP contribution in [0.3, 0.4) is 0 Å². The van der Waals surface area contributed by atoms with Gasteiger partial charge in [0, 0.05) is 42.7 Å². The lowest BCUT2D eigenvalue weighted by molar-refractivity contribution is -0.151. The molecule has 36 heavy (non-hydrogen) atoms. The second-order valence-corrected chi connectivity index (χ2v) is 10.5. The number of Topliss-reactive ketones (excluding diaryl/α,β-unsaturated/α-hetero) is 1. The van der Waals surface area contributed by atoms with Crippen molar-refractivity contribution in [2.75, 3.05) is 26.1 Å². The van der Waals surface area contributed by atoms with E-state index in [1.54, 1.807) is 0 Å². The van der Waals surface area contributed by atoms with E-state index in [4.69, 9.17) is 9.47 Å². The number of carbonyl (C=O) groups is 3. The standard InChI is InChI=1S/C29H38N2O5/c1-17-16-22-26(27(32)23(17)28(33)35-5)25(19-12-14-20(15-13-19)31(3)4)24(18(2)30-22)29(34)36-21-10-8-6-7-9-11-21/h12-15,17,21,23,25,30H,6-11,16H2,1-5H3/t17-,23-,25+/m0/s1. The minimum absolute atomic E-state index is 0.114. The van der Waals surface area contributed by atoms with Crippen LogP contribution in [0.1, 0.15) is 70.3 Å². The first kappa shape index (κ1) is 26.0. The summed E-state index contributed by atoms with van der Waals surface area (Å²) in [5.74, 6) is -2.91. The molecule has 7 heteroatoms. The van der Waals surface area contributed by atoms with Gasteiger partial charge >= 0.3 is 11.9 Å². The number of hydrogen-bond acceptors (Lipinski definition) is 7. The summed E-state index contributed by atoms with van der Waals surface area (Å²) in [5.41, 5.74) is 4.24. The van der Waals surface area contributed by atoms with Crippen molar-refractivity contribution in [3.63, 3.8) is 0 Å². The molecule has 0 radical (unpaired) electrons. The fraction of sp³-hybridized carbons (Fsp3) is 0.552. The number of hydrogen-bond donors (Lipinski definition) is 1. The van der Waals surface area contributed by atoms with Crippen LogP contribution in [0.2, 0.25) is 0 Å². The van der Waals surface area contributed by atoms with Gasteiger partial charge in [0.2, 0.25) is 0 Å². The molecule has 1 N–H and O–H groups in total. The molecule has 7 nitrogen and oxygen atoms in total. The summed E-state index contributed by atoms with van der Waals surface area (Å²) in [7, 11) is 5.24. The molecule has 1 aliphatic heterocycles. The molecule has 3 aliphatic rings.